The number of amides is 1. The maximum Gasteiger partial charge on any atom is 0.266 e. The topological polar surface area (TPSA) is 65.8 Å². The van der Waals surface area contributed by atoms with Crippen molar-refractivity contribution in [3.63, 3.8) is 0 Å². The van der Waals surface area contributed by atoms with E-state index in [-0.39, 0.29) is 5.57 Å². The lowest BCUT2D eigenvalue weighted by Gasteiger charge is -2.04. The van der Waals surface area contributed by atoms with Crippen LogP contribution in [-0.4, -0.2) is 10.9 Å². The van der Waals surface area contributed by atoms with Gasteiger partial charge in [-0.2, -0.15) is 5.26 Å². The fourth-order valence-electron chi connectivity index (χ4n) is 2.00. The van der Waals surface area contributed by atoms with Crippen LogP contribution in [0.5, 0.6) is 0 Å². The molecule has 0 spiro atoms. The molecule has 2 aromatic heterocycles. The first-order valence-corrected chi connectivity index (χ1v) is 8.91. The molecular weight excluding hydrogens is 338 g/mol. The van der Waals surface area contributed by atoms with Crippen molar-refractivity contribution >= 4 is 40.3 Å². The smallest absolute Gasteiger partial charge is 0.266 e. The molecule has 2 heterocycles. The van der Waals surface area contributed by atoms with Gasteiger partial charge in [0.05, 0.1) is 10.6 Å². The number of rotatable bonds is 4. The van der Waals surface area contributed by atoms with E-state index in [0.717, 1.165) is 15.4 Å². The van der Waals surface area contributed by atoms with E-state index in [1.165, 1.54) is 17.4 Å². The van der Waals surface area contributed by atoms with Crippen LogP contribution >= 0.6 is 22.7 Å². The van der Waals surface area contributed by atoms with Gasteiger partial charge in [-0.05, 0) is 36.6 Å². The minimum Gasteiger partial charge on any atom is -0.321 e. The number of carbonyl (C=O) groups is 1. The van der Waals surface area contributed by atoms with Crippen molar-refractivity contribution in [1.82, 2.24) is 4.98 Å². The summed E-state index contributed by atoms with van der Waals surface area (Å²) in [6.45, 7) is 1.97. The summed E-state index contributed by atoms with van der Waals surface area (Å²) in [5.74, 6) is -0.438. The Balaban J connectivity index is 1.78. The minimum atomic E-state index is -0.438. The number of thiazole rings is 1. The molecule has 118 valence electrons. The SMILES string of the molecule is Cc1ccc(NC(=O)C(C#N)=Cc2csc(-c3cccs3)n2)cc1. The van der Waals surface area contributed by atoms with Crippen molar-refractivity contribution in [1.29, 1.82) is 5.26 Å². The van der Waals surface area contributed by atoms with Gasteiger partial charge in [0.2, 0.25) is 0 Å². The number of hydrogen-bond donors (Lipinski definition) is 1. The van der Waals surface area contributed by atoms with E-state index in [2.05, 4.69) is 10.3 Å². The van der Waals surface area contributed by atoms with Crippen LogP contribution in [0.15, 0.2) is 52.7 Å². The lowest BCUT2D eigenvalue weighted by molar-refractivity contribution is -0.112. The number of benzene rings is 1. The molecule has 0 fully saturated rings. The van der Waals surface area contributed by atoms with E-state index in [9.17, 15) is 10.1 Å². The molecule has 3 rings (SSSR count). The van der Waals surface area contributed by atoms with E-state index in [0.29, 0.717) is 11.4 Å². The van der Waals surface area contributed by atoms with Crippen molar-refractivity contribution in [2.24, 2.45) is 0 Å². The standard InChI is InChI=1S/C18H13N3OS2/c1-12-4-6-14(7-5-12)20-17(22)13(10-19)9-15-11-24-18(21-15)16-3-2-8-23-16/h2-9,11H,1H3,(H,20,22). The Morgan fingerprint density at radius 3 is 2.71 bits per heavy atom. The molecule has 0 aliphatic carbocycles. The summed E-state index contributed by atoms with van der Waals surface area (Å²) in [7, 11) is 0. The number of aromatic nitrogens is 1. The van der Waals surface area contributed by atoms with E-state index >= 15 is 0 Å². The van der Waals surface area contributed by atoms with E-state index in [1.54, 1.807) is 23.5 Å². The second-order valence-corrected chi connectivity index (χ2v) is 6.85. The summed E-state index contributed by atoms with van der Waals surface area (Å²) in [5, 5.41) is 16.7. The van der Waals surface area contributed by atoms with Crippen LogP contribution < -0.4 is 5.32 Å². The van der Waals surface area contributed by atoms with Crippen molar-refractivity contribution in [3.8, 4) is 16.0 Å². The Kier molecular flexibility index (Phi) is 4.85. The summed E-state index contributed by atoms with van der Waals surface area (Å²) in [6.07, 6.45) is 1.51. The lowest BCUT2D eigenvalue weighted by Crippen LogP contribution is -2.13. The van der Waals surface area contributed by atoms with Gasteiger partial charge in [-0.25, -0.2) is 4.98 Å². The van der Waals surface area contributed by atoms with Crippen LogP contribution in [0.3, 0.4) is 0 Å². The zero-order valence-electron chi connectivity index (χ0n) is 12.8. The molecule has 4 nitrogen and oxygen atoms in total. The normalized spacial score (nSPS) is 11.1. The molecule has 1 amide bonds. The molecule has 0 bridgehead atoms. The van der Waals surface area contributed by atoms with Crippen molar-refractivity contribution in [2.75, 3.05) is 5.32 Å². The Morgan fingerprint density at radius 2 is 2.04 bits per heavy atom. The Morgan fingerprint density at radius 1 is 1.25 bits per heavy atom. The third kappa shape index (κ3) is 3.77. The van der Waals surface area contributed by atoms with Gasteiger partial charge in [0.25, 0.3) is 5.91 Å². The van der Waals surface area contributed by atoms with Gasteiger partial charge in [0, 0.05) is 11.1 Å². The van der Waals surface area contributed by atoms with Gasteiger partial charge in [-0.1, -0.05) is 23.8 Å². The van der Waals surface area contributed by atoms with Gasteiger partial charge in [0.1, 0.15) is 16.6 Å². The fraction of sp³-hybridized carbons (Fsp3) is 0.0556. The van der Waals surface area contributed by atoms with Crippen LogP contribution in [0.25, 0.3) is 16.0 Å². The third-order valence-corrected chi connectivity index (χ3v) is 5.12. The molecule has 0 aliphatic rings. The van der Waals surface area contributed by atoms with Crippen LogP contribution in [0.1, 0.15) is 11.3 Å². The van der Waals surface area contributed by atoms with Crippen molar-refractivity contribution < 1.29 is 4.79 Å². The van der Waals surface area contributed by atoms with Gasteiger partial charge in [0.15, 0.2) is 0 Å². The van der Waals surface area contributed by atoms with E-state index < -0.39 is 5.91 Å². The highest BCUT2D eigenvalue weighted by molar-refractivity contribution is 7.20. The summed E-state index contributed by atoms with van der Waals surface area (Å²) < 4.78 is 0. The van der Waals surface area contributed by atoms with Gasteiger partial charge >= 0.3 is 0 Å². The molecule has 0 aliphatic heterocycles. The number of nitrogens with one attached hydrogen (secondary N) is 1. The van der Waals surface area contributed by atoms with E-state index in [1.807, 2.05) is 48.0 Å². The number of aryl methyl sites for hydroxylation is 1. The predicted octanol–water partition coefficient (Wildman–Crippen LogP) is 4.73. The number of nitriles is 1. The molecular formula is C18H13N3OS2. The predicted molar refractivity (Wildman–Crippen MR) is 98.8 cm³/mol. The number of hydrogen-bond acceptors (Lipinski definition) is 5. The van der Waals surface area contributed by atoms with Crippen LogP contribution in [0.4, 0.5) is 5.69 Å². The second-order valence-electron chi connectivity index (χ2n) is 5.04. The average Bonchev–Trinajstić information content (AvgIpc) is 3.25. The molecule has 24 heavy (non-hydrogen) atoms. The summed E-state index contributed by atoms with van der Waals surface area (Å²) in [6, 6.07) is 13.3. The Bertz CT molecular complexity index is 916. The van der Waals surface area contributed by atoms with Crippen LogP contribution in [-0.2, 0) is 4.79 Å². The highest BCUT2D eigenvalue weighted by Crippen LogP contribution is 2.28. The lowest BCUT2D eigenvalue weighted by atomic mass is 10.2. The zero-order valence-corrected chi connectivity index (χ0v) is 14.4. The molecule has 1 N–H and O–H groups in total. The van der Waals surface area contributed by atoms with Crippen molar-refractivity contribution in [3.05, 3.63) is 64.0 Å². The summed E-state index contributed by atoms with van der Waals surface area (Å²) in [5.41, 5.74) is 2.40. The first-order chi connectivity index (χ1) is 11.7. The van der Waals surface area contributed by atoms with Gasteiger partial charge < -0.3 is 5.32 Å². The second kappa shape index (κ2) is 7.21. The summed E-state index contributed by atoms with van der Waals surface area (Å²) in [4.78, 5) is 17.8. The summed E-state index contributed by atoms with van der Waals surface area (Å²) >= 11 is 3.10. The molecule has 0 radical (unpaired) electrons. The van der Waals surface area contributed by atoms with Crippen molar-refractivity contribution in [2.45, 2.75) is 6.92 Å². The molecule has 0 saturated carbocycles. The molecule has 3 aromatic rings. The van der Waals surface area contributed by atoms with E-state index in [4.69, 9.17) is 0 Å². The number of carbonyl (C=O) groups excluding carboxylic acids is 1. The maximum atomic E-state index is 12.2. The monoisotopic (exact) mass is 351 g/mol. The highest BCUT2D eigenvalue weighted by Gasteiger charge is 2.11. The van der Waals surface area contributed by atoms with Gasteiger partial charge in [-0.3, -0.25) is 4.79 Å². The largest absolute Gasteiger partial charge is 0.321 e. The average molecular weight is 351 g/mol. The zero-order chi connectivity index (χ0) is 16.9. The molecule has 1 aromatic carbocycles. The molecule has 6 heteroatoms. The number of thiophene rings is 1. The maximum absolute atomic E-state index is 12.2. The number of nitrogens with zero attached hydrogens (tertiary/aromatic N) is 2. The Hall–Kier alpha value is -2.75. The quantitative estimate of drug-likeness (QED) is 0.546. The minimum absolute atomic E-state index is 0.0265. The molecule has 0 unspecified atom stereocenters. The first kappa shape index (κ1) is 16.1. The molecule has 0 atom stereocenters. The van der Waals surface area contributed by atoms with Crippen LogP contribution in [0, 0.1) is 18.3 Å². The van der Waals surface area contributed by atoms with Gasteiger partial charge in [-0.15, -0.1) is 22.7 Å². The fourth-order valence-corrected chi connectivity index (χ4v) is 3.59. The first-order valence-electron chi connectivity index (χ1n) is 7.15. The third-order valence-electron chi connectivity index (χ3n) is 3.22. The van der Waals surface area contributed by atoms with Crippen LogP contribution in [0.2, 0.25) is 0 Å². The molecule has 0 saturated heterocycles. The Labute approximate surface area is 147 Å². The highest BCUT2D eigenvalue weighted by atomic mass is 32.1. The number of anilines is 1.